The van der Waals surface area contributed by atoms with Gasteiger partial charge in [-0.3, -0.25) is 0 Å². The highest BCUT2D eigenvalue weighted by atomic mass is 19.1. The summed E-state index contributed by atoms with van der Waals surface area (Å²) in [6.45, 7) is 3.53. The Kier molecular flexibility index (Phi) is 3.23. The molecule has 0 aliphatic rings. The second kappa shape index (κ2) is 5.20. The Balaban J connectivity index is 2.08. The van der Waals surface area contributed by atoms with E-state index in [0.717, 1.165) is 0 Å². The minimum Gasteiger partial charge on any atom is -0.507 e. The SMILES string of the molecule is C=C/C=C(\O)c1cnc2nc(-c3cccc(F)c3)[nH]c2c1. The number of aliphatic hydroxyl groups excluding tert-OH is 1. The zero-order valence-electron chi connectivity index (χ0n) is 11.0. The molecule has 0 saturated heterocycles. The lowest BCUT2D eigenvalue weighted by atomic mass is 10.2. The number of aromatic amines is 1. The lowest BCUT2D eigenvalue weighted by Crippen LogP contribution is -1.85. The van der Waals surface area contributed by atoms with E-state index >= 15 is 0 Å². The third-order valence-electron chi connectivity index (χ3n) is 3.01. The van der Waals surface area contributed by atoms with E-state index in [-0.39, 0.29) is 11.6 Å². The molecule has 2 heterocycles. The molecule has 21 heavy (non-hydrogen) atoms. The van der Waals surface area contributed by atoms with Crippen molar-refractivity contribution in [1.29, 1.82) is 0 Å². The number of pyridine rings is 1. The maximum atomic E-state index is 13.3. The van der Waals surface area contributed by atoms with Gasteiger partial charge in [-0.15, -0.1) is 0 Å². The van der Waals surface area contributed by atoms with Crippen molar-refractivity contribution in [3.63, 3.8) is 0 Å². The number of rotatable bonds is 3. The molecule has 0 atom stereocenters. The van der Waals surface area contributed by atoms with E-state index in [1.54, 1.807) is 18.2 Å². The van der Waals surface area contributed by atoms with Crippen LogP contribution in [0.5, 0.6) is 0 Å². The second-order valence-corrected chi connectivity index (χ2v) is 4.48. The third kappa shape index (κ3) is 2.53. The molecule has 2 N–H and O–H groups in total. The fourth-order valence-corrected chi connectivity index (χ4v) is 2.02. The van der Waals surface area contributed by atoms with Crippen LogP contribution in [0.3, 0.4) is 0 Å². The van der Waals surface area contributed by atoms with Crippen molar-refractivity contribution in [3.05, 3.63) is 66.6 Å². The van der Waals surface area contributed by atoms with Crippen molar-refractivity contribution < 1.29 is 9.50 Å². The number of halogens is 1. The summed E-state index contributed by atoms with van der Waals surface area (Å²) in [7, 11) is 0. The van der Waals surface area contributed by atoms with E-state index in [1.807, 2.05) is 0 Å². The van der Waals surface area contributed by atoms with Gasteiger partial charge < -0.3 is 10.1 Å². The van der Waals surface area contributed by atoms with Crippen LogP contribution in [0.1, 0.15) is 5.56 Å². The fourth-order valence-electron chi connectivity index (χ4n) is 2.02. The second-order valence-electron chi connectivity index (χ2n) is 4.48. The summed E-state index contributed by atoms with van der Waals surface area (Å²) in [4.78, 5) is 11.6. The molecule has 0 fully saturated rings. The van der Waals surface area contributed by atoms with Gasteiger partial charge in [-0.1, -0.05) is 24.8 Å². The molecule has 4 nitrogen and oxygen atoms in total. The molecule has 0 aliphatic heterocycles. The third-order valence-corrected chi connectivity index (χ3v) is 3.01. The van der Waals surface area contributed by atoms with Crippen molar-refractivity contribution in [2.45, 2.75) is 0 Å². The number of H-pyrrole nitrogens is 1. The Bertz CT molecular complexity index is 852. The number of nitrogens with one attached hydrogen (secondary N) is 1. The number of imidazole rings is 1. The number of fused-ring (bicyclic) bond motifs is 1. The molecule has 1 aromatic carbocycles. The Morgan fingerprint density at radius 1 is 1.33 bits per heavy atom. The van der Waals surface area contributed by atoms with Crippen LogP contribution >= 0.6 is 0 Å². The summed E-state index contributed by atoms with van der Waals surface area (Å²) in [5.41, 5.74) is 2.36. The first kappa shape index (κ1) is 13.1. The van der Waals surface area contributed by atoms with E-state index in [4.69, 9.17) is 0 Å². The highest BCUT2D eigenvalue weighted by molar-refractivity contribution is 5.79. The Hall–Kier alpha value is -2.95. The maximum Gasteiger partial charge on any atom is 0.178 e. The number of aliphatic hydroxyl groups is 1. The zero-order chi connectivity index (χ0) is 14.8. The van der Waals surface area contributed by atoms with E-state index in [1.165, 1.54) is 30.5 Å². The molecule has 0 aliphatic carbocycles. The lowest BCUT2D eigenvalue weighted by Gasteiger charge is -1.97. The van der Waals surface area contributed by atoms with Gasteiger partial charge in [0, 0.05) is 17.3 Å². The normalized spacial score (nSPS) is 11.8. The number of allylic oxidation sites excluding steroid dienone is 2. The molecule has 3 rings (SSSR count). The number of benzene rings is 1. The van der Waals surface area contributed by atoms with E-state index < -0.39 is 0 Å². The first-order valence-corrected chi connectivity index (χ1v) is 6.31. The molecular weight excluding hydrogens is 269 g/mol. The van der Waals surface area contributed by atoms with Gasteiger partial charge in [-0.25, -0.2) is 14.4 Å². The molecule has 0 bridgehead atoms. The van der Waals surface area contributed by atoms with E-state index in [9.17, 15) is 9.50 Å². The lowest BCUT2D eigenvalue weighted by molar-refractivity contribution is 0.511. The van der Waals surface area contributed by atoms with Gasteiger partial charge in [0.1, 0.15) is 17.4 Å². The monoisotopic (exact) mass is 281 g/mol. The van der Waals surface area contributed by atoms with Crippen molar-refractivity contribution in [3.8, 4) is 11.4 Å². The van der Waals surface area contributed by atoms with Gasteiger partial charge >= 0.3 is 0 Å². The van der Waals surface area contributed by atoms with E-state index in [2.05, 4.69) is 21.5 Å². The first-order valence-electron chi connectivity index (χ1n) is 6.31. The smallest absolute Gasteiger partial charge is 0.178 e. The molecule has 2 aromatic heterocycles. The van der Waals surface area contributed by atoms with Crippen LogP contribution in [0.2, 0.25) is 0 Å². The largest absolute Gasteiger partial charge is 0.507 e. The van der Waals surface area contributed by atoms with Crippen LogP contribution < -0.4 is 0 Å². The van der Waals surface area contributed by atoms with Gasteiger partial charge in [-0.05, 0) is 24.3 Å². The average molecular weight is 281 g/mol. The number of hydrogen-bond acceptors (Lipinski definition) is 3. The molecule has 0 spiro atoms. The van der Waals surface area contributed by atoms with Crippen LogP contribution in [0.25, 0.3) is 28.3 Å². The zero-order valence-corrected chi connectivity index (χ0v) is 11.0. The van der Waals surface area contributed by atoms with Crippen molar-refractivity contribution in [1.82, 2.24) is 15.0 Å². The first-order chi connectivity index (χ1) is 10.2. The Morgan fingerprint density at radius 3 is 2.95 bits per heavy atom. The van der Waals surface area contributed by atoms with Crippen LogP contribution in [-0.2, 0) is 0 Å². The molecule has 0 amide bonds. The summed E-state index contributed by atoms with van der Waals surface area (Å²) >= 11 is 0. The standard InChI is InChI=1S/C16H12FN3O/c1-2-4-14(21)11-8-13-16(18-9-11)20-15(19-13)10-5-3-6-12(17)7-10/h2-9,21H,1H2,(H,18,19,20)/b14-4-. The minimum atomic E-state index is -0.326. The number of nitrogens with zero attached hydrogens (tertiary/aromatic N) is 2. The van der Waals surface area contributed by atoms with Crippen LogP contribution in [0, 0.1) is 5.82 Å². The number of hydrogen-bond donors (Lipinski definition) is 2. The molecule has 0 radical (unpaired) electrons. The Morgan fingerprint density at radius 2 is 2.19 bits per heavy atom. The fraction of sp³-hybridized carbons (Fsp3) is 0. The minimum absolute atomic E-state index is 0.0707. The highest BCUT2D eigenvalue weighted by Gasteiger charge is 2.09. The van der Waals surface area contributed by atoms with Gasteiger partial charge in [0.25, 0.3) is 0 Å². The molecule has 104 valence electrons. The molecule has 0 unspecified atom stereocenters. The molecule has 5 heteroatoms. The predicted octanol–water partition coefficient (Wildman–Crippen LogP) is 3.85. The summed E-state index contributed by atoms with van der Waals surface area (Å²) < 4.78 is 13.3. The van der Waals surface area contributed by atoms with E-state index in [0.29, 0.717) is 28.1 Å². The van der Waals surface area contributed by atoms with Crippen LogP contribution in [0.15, 0.2) is 55.3 Å². The molecule has 3 aromatic rings. The van der Waals surface area contributed by atoms with Crippen molar-refractivity contribution in [2.75, 3.05) is 0 Å². The van der Waals surface area contributed by atoms with Gasteiger partial charge in [-0.2, -0.15) is 0 Å². The van der Waals surface area contributed by atoms with Crippen LogP contribution in [0.4, 0.5) is 4.39 Å². The predicted molar refractivity (Wildman–Crippen MR) is 80.1 cm³/mol. The molecule has 0 saturated carbocycles. The van der Waals surface area contributed by atoms with Gasteiger partial charge in [0.2, 0.25) is 0 Å². The average Bonchev–Trinajstić information content (AvgIpc) is 2.90. The van der Waals surface area contributed by atoms with Gasteiger partial charge in [0.05, 0.1) is 5.52 Å². The summed E-state index contributed by atoms with van der Waals surface area (Å²) in [6, 6.07) is 7.88. The van der Waals surface area contributed by atoms with Gasteiger partial charge in [0.15, 0.2) is 5.65 Å². The maximum absolute atomic E-state index is 13.3. The summed E-state index contributed by atoms with van der Waals surface area (Å²) in [5.74, 6) is 0.274. The Labute approximate surface area is 120 Å². The van der Waals surface area contributed by atoms with Crippen molar-refractivity contribution >= 4 is 16.9 Å². The molecular formula is C16H12FN3O. The topological polar surface area (TPSA) is 61.8 Å². The number of aromatic nitrogens is 3. The van der Waals surface area contributed by atoms with Crippen molar-refractivity contribution in [2.24, 2.45) is 0 Å². The highest BCUT2D eigenvalue weighted by Crippen LogP contribution is 2.22. The summed E-state index contributed by atoms with van der Waals surface area (Å²) in [6.07, 6.45) is 4.49. The van der Waals surface area contributed by atoms with Crippen LogP contribution in [-0.4, -0.2) is 20.1 Å². The quantitative estimate of drug-likeness (QED) is 0.566. The summed E-state index contributed by atoms with van der Waals surface area (Å²) in [5, 5.41) is 9.81.